The van der Waals surface area contributed by atoms with Gasteiger partial charge in [0, 0.05) is 23.7 Å². The van der Waals surface area contributed by atoms with Crippen LogP contribution in [0.4, 0.5) is 0 Å². The van der Waals surface area contributed by atoms with E-state index < -0.39 is 15.9 Å². The lowest BCUT2D eigenvalue weighted by Crippen LogP contribution is -2.42. The first-order valence-electron chi connectivity index (χ1n) is 10.6. The molecule has 1 aromatic heterocycles. The summed E-state index contributed by atoms with van der Waals surface area (Å²) in [5.74, 6) is 2.74. The highest BCUT2D eigenvalue weighted by molar-refractivity contribution is 7.89. The molecule has 1 amide bonds. The van der Waals surface area contributed by atoms with Crippen molar-refractivity contribution in [3.8, 4) is 12.3 Å². The van der Waals surface area contributed by atoms with E-state index in [4.69, 9.17) is 18.0 Å². The number of carbonyl (C=O) groups excluding carboxylic acids is 1. The van der Waals surface area contributed by atoms with E-state index in [1.807, 2.05) is 6.07 Å². The van der Waals surface area contributed by atoms with Gasteiger partial charge in [0.1, 0.15) is 0 Å². The first kappa shape index (κ1) is 23.7. The van der Waals surface area contributed by atoms with Crippen LogP contribution in [0.5, 0.6) is 0 Å². The molecule has 2 atom stereocenters. The van der Waals surface area contributed by atoms with Crippen molar-refractivity contribution in [2.75, 3.05) is 13.1 Å². The van der Waals surface area contributed by atoms with Gasteiger partial charge in [-0.2, -0.15) is 9.30 Å². The molecule has 0 aliphatic carbocycles. The minimum atomic E-state index is -3.61. The lowest BCUT2D eigenvalue weighted by molar-refractivity contribution is 0.0998. The highest BCUT2D eigenvalue weighted by atomic mass is 35.5. The van der Waals surface area contributed by atoms with Gasteiger partial charge in [0.2, 0.25) is 10.0 Å². The second kappa shape index (κ2) is 9.43. The van der Waals surface area contributed by atoms with Gasteiger partial charge >= 0.3 is 0 Å². The zero-order valence-corrected chi connectivity index (χ0v) is 20.8. The van der Waals surface area contributed by atoms with Crippen molar-refractivity contribution in [3.05, 3.63) is 57.9 Å². The Hall–Kier alpha value is -2.44. The van der Waals surface area contributed by atoms with Crippen molar-refractivity contribution >= 4 is 49.1 Å². The zero-order chi connectivity index (χ0) is 23.8. The molecule has 33 heavy (non-hydrogen) atoms. The second-order valence-corrected chi connectivity index (χ2v) is 11.9. The van der Waals surface area contributed by atoms with Crippen LogP contribution < -0.4 is 4.80 Å². The Morgan fingerprint density at radius 2 is 1.85 bits per heavy atom. The van der Waals surface area contributed by atoms with Crippen molar-refractivity contribution in [3.63, 3.8) is 0 Å². The number of rotatable bonds is 4. The van der Waals surface area contributed by atoms with Crippen LogP contribution in [0.1, 0.15) is 30.6 Å². The molecule has 0 saturated carbocycles. The molecule has 0 bridgehead atoms. The number of benzene rings is 2. The number of terminal acetylenes is 1. The van der Waals surface area contributed by atoms with Crippen molar-refractivity contribution in [1.29, 1.82) is 0 Å². The molecule has 1 saturated heterocycles. The van der Waals surface area contributed by atoms with E-state index >= 15 is 0 Å². The number of sulfonamides is 1. The van der Waals surface area contributed by atoms with Crippen LogP contribution in [0.25, 0.3) is 10.2 Å². The number of fused-ring (bicyclic) bond motifs is 1. The average Bonchev–Trinajstić information content (AvgIpc) is 3.09. The summed E-state index contributed by atoms with van der Waals surface area (Å²) in [5.41, 5.74) is 1.15. The van der Waals surface area contributed by atoms with Gasteiger partial charge in [-0.3, -0.25) is 4.79 Å². The Labute approximate surface area is 202 Å². The number of thiazole rings is 1. The van der Waals surface area contributed by atoms with Gasteiger partial charge < -0.3 is 4.57 Å². The van der Waals surface area contributed by atoms with Crippen LogP contribution in [0, 0.1) is 24.2 Å². The summed E-state index contributed by atoms with van der Waals surface area (Å²) in [6.45, 7) is 5.41. The van der Waals surface area contributed by atoms with E-state index in [1.54, 1.807) is 16.7 Å². The summed E-state index contributed by atoms with van der Waals surface area (Å²) in [6, 6.07) is 11.4. The summed E-state index contributed by atoms with van der Waals surface area (Å²) in [7, 11) is -3.61. The Balaban J connectivity index is 1.64. The minimum Gasteiger partial charge on any atom is -0.305 e. The molecule has 1 fully saturated rings. The first-order valence-corrected chi connectivity index (χ1v) is 13.2. The number of piperidine rings is 1. The predicted molar refractivity (Wildman–Crippen MR) is 132 cm³/mol. The molecular formula is C24H24ClN3O3S2. The fourth-order valence-electron chi connectivity index (χ4n) is 4.25. The predicted octanol–water partition coefficient (Wildman–Crippen LogP) is 4.40. The van der Waals surface area contributed by atoms with Gasteiger partial charge in [-0.05, 0) is 60.7 Å². The SMILES string of the molecule is C#CCn1c(=NC(=O)c2ccc(S(=O)(=O)N3CC(C)CC(C)C3)cc2)sc2cc(Cl)ccc21. The standard InChI is InChI=1S/C24H24ClN3O3S2/c1-4-11-28-21-10-7-19(25)13-22(21)32-24(28)26-23(29)18-5-8-20(9-6-18)33(30,31)27-14-16(2)12-17(3)15-27/h1,5-10,13,16-17H,11-12,14-15H2,2-3H3. The third kappa shape index (κ3) is 4.92. The van der Waals surface area contributed by atoms with Crippen molar-refractivity contribution in [2.24, 2.45) is 16.8 Å². The molecule has 0 radical (unpaired) electrons. The fraction of sp³-hybridized carbons (Fsp3) is 0.333. The number of amides is 1. The van der Waals surface area contributed by atoms with Gasteiger partial charge in [0.05, 0.1) is 21.7 Å². The minimum absolute atomic E-state index is 0.180. The first-order chi connectivity index (χ1) is 15.7. The molecule has 2 heterocycles. The Morgan fingerprint density at radius 3 is 2.48 bits per heavy atom. The summed E-state index contributed by atoms with van der Waals surface area (Å²) in [6.07, 6.45) is 6.53. The van der Waals surface area contributed by atoms with E-state index in [0.29, 0.717) is 40.3 Å². The number of hydrogen-bond acceptors (Lipinski definition) is 4. The molecule has 9 heteroatoms. The summed E-state index contributed by atoms with van der Waals surface area (Å²) < 4.78 is 30.4. The molecule has 1 aliphatic heterocycles. The maximum absolute atomic E-state index is 13.1. The zero-order valence-electron chi connectivity index (χ0n) is 18.4. The maximum Gasteiger partial charge on any atom is 0.279 e. The third-order valence-corrected chi connectivity index (χ3v) is 8.79. The quantitative estimate of drug-likeness (QED) is 0.497. The van der Waals surface area contributed by atoms with Crippen LogP contribution in [-0.4, -0.2) is 36.3 Å². The average molecular weight is 502 g/mol. The fourth-order valence-corrected chi connectivity index (χ4v) is 7.23. The molecule has 4 rings (SSSR count). The molecule has 0 N–H and O–H groups in total. The monoisotopic (exact) mass is 501 g/mol. The molecular weight excluding hydrogens is 478 g/mol. The Morgan fingerprint density at radius 1 is 1.18 bits per heavy atom. The van der Waals surface area contributed by atoms with Crippen LogP contribution in [0.15, 0.2) is 52.4 Å². The smallest absolute Gasteiger partial charge is 0.279 e. The highest BCUT2D eigenvalue weighted by Gasteiger charge is 2.31. The van der Waals surface area contributed by atoms with Crippen molar-refractivity contribution in [1.82, 2.24) is 8.87 Å². The van der Waals surface area contributed by atoms with Crippen LogP contribution in [0.3, 0.4) is 0 Å². The lowest BCUT2D eigenvalue weighted by atomic mass is 9.94. The van der Waals surface area contributed by atoms with Gasteiger partial charge in [-0.25, -0.2) is 8.42 Å². The molecule has 1 aliphatic rings. The molecule has 3 aromatic rings. The van der Waals surface area contributed by atoms with Crippen LogP contribution >= 0.6 is 22.9 Å². The number of halogens is 1. The summed E-state index contributed by atoms with van der Waals surface area (Å²) >= 11 is 7.41. The summed E-state index contributed by atoms with van der Waals surface area (Å²) in [4.78, 5) is 17.8. The maximum atomic E-state index is 13.1. The van der Waals surface area contributed by atoms with E-state index in [0.717, 1.165) is 16.6 Å². The number of aromatic nitrogens is 1. The molecule has 2 unspecified atom stereocenters. The second-order valence-electron chi connectivity index (χ2n) is 8.50. The molecule has 2 aromatic carbocycles. The molecule has 172 valence electrons. The van der Waals surface area contributed by atoms with E-state index in [1.165, 1.54) is 39.9 Å². The Kier molecular flexibility index (Phi) is 6.78. The van der Waals surface area contributed by atoms with Crippen molar-refractivity contribution < 1.29 is 13.2 Å². The number of carbonyl (C=O) groups is 1. The van der Waals surface area contributed by atoms with E-state index in [-0.39, 0.29) is 11.4 Å². The van der Waals surface area contributed by atoms with Gasteiger partial charge in [-0.1, -0.05) is 42.7 Å². The van der Waals surface area contributed by atoms with Crippen LogP contribution in [-0.2, 0) is 16.6 Å². The van der Waals surface area contributed by atoms with Crippen LogP contribution in [0.2, 0.25) is 5.02 Å². The van der Waals surface area contributed by atoms with Gasteiger partial charge in [-0.15, -0.1) is 6.42 Å². The summed E-state index contributed by atoms with van der Waals surface area (Å²) in [5, 5.41) is 0.587. The van der Waals surface area contributed by atoms with Crippen molar-refractivity contribution in [2.45, 2.75) is 31.7 Å². The Bertz CT molecular complexity index is 1410. The topological polar surface area (TPSA) is 71.7 Å². The lowest BCUT2D eigenvalue weighted by Gasteiger charge is -2.34. The highest BCUT2D eigenvalue weighted by Crippen LogP contribution is 2.27. The molecule has 6 nitrogen and oxygen atoms in total. The third-order valence-electron chi connectivity index (χ3n) is 5.67. The molecule has 0 spiro atoms. The number of nitrogens with zero attached hydrogens (tertiary/aromatic N) is 3. The largest absolute Gasteiger partial charge is 0.305 e. The van der Waals surface area contributed by atoms with E-state index in [2.05, 4.69) is 24.8 Å². The van der Waals surface area contributed by atoms with Gasteiger partial charge in [0.15, 0.2) is 4.80 Å². The number of hydrogen-bond donors (Lipinski definition) is 0. The normalized spacial score (nSPS) is 20.1. The van der Waals surface area contributed by atoms with E-state index in [9.17, 15) is 13.2 Å². The van der Waals surface area contributed by atoms with Gasteiger partial charge in [0.25, 0.3) is 5.91 Å².